The minimum Gasteiger partial charge on any atom is -0.462 e. The highest BCUT2D eigenvalue weighted by atomic mass is 31.2. The van der Waals surface area contributed by atoms with Crippen molar-refractivity contribution in [2.45, 2.75) is 356 Å². The van der Waals surface area contributed by atoms with Crippen molar-refractivity contribution in [3.05, 3.63) is 0 Å². The molecule has 522 valence electrons. The first-order valence-corrected chi connectivity index (χ1v) is 38.8. The Morgan fingerprint density at radius 3 is 0.807 bits per heavy atom. The summed E-state index contributed by atoms with van der Waals surface area (Å²) in [6.07, 6.45) is 40.5. The molecule has 3 N–H and O–H groups in total. The van der Waals surface area contributed by atoms with Gasteiger partial charge in [-0.3, -0.25) is 37.3 Å². The fourth-order valence-corrected chi connectivity index (χ4v) is 11.8. The van der Waals surface area contributed by atoms with E-state index >= 15 is 0 Å². The number of rotatable bonds is 66. The van der Waals surface area contributed by atoms with Crippen molar-refractivity contribution < 1.29 is 80.2 Å². The van der Waals surface area contributed by atoms with E-state index in [-0.39, 0.29) is 25.7 Å². The van der Waals surface area contributed by atoms with Gasteiger partial charge in [-0.15, -0.1) is 0 Å². The molecule has 7 atom stereocenters. The second kappa shape index (κ2) is 58.8. The van der Waals surface area contributed by atoms with Crippen LogP contribution in [0.3, 0.4) is 0 Å². The standard InChI is InChI=1S/C69H134O17P2/c1-9-61(7)47-39-31-22-17-15-13-11-12-14-16-18-23-35-43-51-68(73)85-65(56-80-67(72)50-42-34-28-26-32-40-48-62(8)10-2)58-84-88(77,78)82-54-63(70)53-81-87(75,76)83-57-64(55-79-66(71)49-41-33-27-25-30-38-46-60(5)6)86-69(74)52-44-36-24-20-19-21-29-37-45-59(3)4/h59-65,70H,9-58H2,1-8H3,(H,75,76)(H,77,78)/t61?,62?,63-,64+,65+/m0/s1. The number of esters is 4. The molecule has 0 aliphatic carbocycles. The van der Waals surface area contributed by atoms with Gasteiger partial charge in [0.15, 0.2) is 12.2 Å². The van der Waals surface area contributed by atoms with Crippen LogP contribution in [0.1, 0.15) is 338 Å². The molecule has 0 aromatic rings. The zero-order valence-corrected chi connectivity index (χ0v) is 59.1. The SMILES string of the molecule is CCC(C)CCCCCCCCCCCCCCCCC(=O)O[C@H](COC(=O)CCCCCCCCC(C)CC)COP(=O)(O)OC[C@@H](O)COP(=O)(O)OC[C@@H](COC(=O)CCCCCCCCC(C)C)OC(=O)CCCCCCCCCCC(C)C. The predicted molar refractivity (Wildman–Crippen MR) is 354 cm³/mol. The van der Waals surface area contributed by atoms with Crippen LogP contribution in [0.2, 0.25) is 0 Å². The van der Waals surface area contributed by atoms with Crippen LogP contribution in [0, 0.1) is 23.7 Å². The van der Waals surface area contributed by atoms with E-state index in [0.717, 1.165) is 120 Å². The summed E-state index contributed by atoms with van der Waals surface area (Å²) >= 11 is 0. The number of aliphatic hydroxyl groups excluding tert-OH is 1. The topological polar surface area (TPSA) is 237 Å². The maximum atomic E-state index is 13.0. The Morgan fingerprint density at radius 2 is 0.545 bits per heavy atom. The first-order chi connectivity index (χ1) is 42.2. The molecular formula is C69H134O17P2. The van der Waals surface area contributed by atoms with E-state index in [4.69, 9.17) is 37.0 Å². The largest absolute Gasteiger partial charge is 0.472 e. The average Bonchev–Trinajstić information content (AvgIpc) is 3.71. The van der Waals surface area contributed by atoms with Gasteiger partial charge < -0.3 is 33.8 Å². The molecule has 0 bridgehead atoms. The maximum Gasteiger partial charge on any atom is 0.472 e. The summed E-state index contributed by atoms with van der Waals surface area (Å²) in [5, 5.41) is 10.6. The maximum absolute atomic E-state index is 13.0. The van der Waals surface area contributed by atoms with Crippen LogP contribution >= 0.6 is 15.6 Å². The van der Waals surface area contributed by atoms with Crippen LogP contribution in [0.15, 0.2) is 0 Å². The third kappa shape index (κ3) is 60.3. The van der Waals surface area contributed by atoms with Gasteiger partial charge in [0.2, 0.25) is 0 Å². The number of ether oxygens (including phenoxy) is 4. The van der Waals surface area contributed by atoms with Gasteiger partial charge in [-0.1, -0.05) is 287 Å². The lowest BCUT2D eigenvalue weighted by molar-refractivity contribution is -0.161. The third-order valence-electron chi connectivity index (χ3n) is 16.5. The van der Waals surface area contributed by atoms with Crippen molar-refractivity contribution >= 4 is 39.5 Å². The molecule has 0 aromatic heterocycles. The highest BCUT2D eigenvalue weighted by Gasteiger charge is 2.30. The molecule has 0 rings (SSSR count). The summed E-state index contributed by atoms with van der Waals surface area (Å²) in [6.45, 7) is 14.0. The van der Waals surface area contributed by atoms with Crippen LogP contribution < -0.4 is 0 Å². The van der Waals surface area contributed by atoms with Crippen LogP contribution in [-0.4, -0.2) is 96.7 Å². The van der Waals surface area contributed by atoms with E-state index in [1.165, 1.54) is 128 Å². The van der Waals surface area contributed by atoms with Crippen LogP contribution in [0.4, 0.5) is 0 Å². The van der Waals surface area contributed by atoms with Crippen LogP contribution in [0.25, 0.3) is 0 Å². The summed E-state index contributed by atoms with van der Waals surface area (Å²) in [7, 11) is -9.90. The predicted octanol–water partition coefficient (Wildman–Crippen LogP) is 19.3. The van der Waals surface area contributed by atoms with Crippen LogP contribution in [0.5, 0.6) is 0 Å². The molecule has 0 aromatic carbocycles. The Balaban J connectivity index is 5.21. The minimum absolute atomic E-state index is 0.103. The molecule has 17 nitrogen and oxygen atoms in total. The number of phosphoric ester groups is 2. The fourth-order valence-electron chi connectivity index (χ4n) is 10.2. The zero-order valence-electron chi connectivity index (χ0n) is 57.3. The third-order valence-corrected chi connectivity index (χ3v) is 18.4. The number of aliphatic hydroxyl groups is 1. The summed E-state index contributed by atoms with van der Waals surface area (Å²) in [5.74, 6) is 0.839. The molecule has 0 spiro atoms. The Kier molecular flexibility index (Phi) is 57.6. The van der Waals surface area contributed by atoms with Gasteiger partial charge in [-0.2, -0.15) is 0 Å². The quantitative estimate of drug-likeness (QED) is 0.0222. The molecule has 0 aliphatic rings. The highest BCUT2D eigenvalue weighted by Crippen LogP contribution is 2.45. The lowest BCUT2D eigenvalue weighted by Crippen LogP contribution is -2.30. The summed E-state index contributed by atoms with van der Waals surface area (Å²) in [5.41, 5.74) is 0. The van der Waals surface area contributed by atoms with E-state index in [1.54, 1.807) is 0 Å². The summed E-state index contributed by atoms with van der Waals surface area (Å²) in [6, 6.07) is 0. The van der Waals surface area contributed by atoms with Gasteiger partial charge in [0, 0.05) is 25.7 Å². The van der Waals surface area contributed by atoms with Gasteiger partial charge >= 0.3 is 39.5 Å². The Morgan fingerprint density at radius 1 is 0.318 bits per heavy atom. The van der Waals surface area contributed by atoms with Crippen molar-refractivity contribution in [1.82, 2.24) is 0 Å². The normalized spacial score (nSPS) is 14.9. The molecule has 0 heterocycles. The number of phosphoric acid groups is 2. The van der Waals surface area contributed by atoms with Gasteiger partial charge in [0.05, 0.1) is 26.4 Å². The van der Waals surface area contributed by atoms with Crippen molar-refractivity contribution in [3.8, 4) is 0 Å². The molecule has 0 radical (unpaired) electrons. The molecule has 88 heavy (non-hydrogen) atoms. The summed E-state index contributed by atoms with van der Waals surface area (Å²) < 4.78 is 68.2. The van der Waals surface area contributed by atoms with E-state index in [9.17, 15) is 43.2 Å². The lowest BCUT2D eigenvalue weighted by atomic mass is 9.99. The van der Waals surface area contributed by atoms with Gasteiger partial charge in [-0.05, 0) is 49.4 Å². The lowest BCUT2D eigenvalue weighted by Gasteiger charge is -2.21. The molecule has 0 saturated carbocycles. The second-order valence-corrected chi connectivity index (χ2v) is 29.3. The van der Waals surface area contributed by atoms with Gasteiger partial charge in [0.1, 0.15) is 19.3 Å². The number of carbonyl (C=O) groups is 4. The van der Waals surface area contributed by atoms with Gasteiger partial charge in [-0.25, -0.2) is 9.13 Å². The summed E-state index contributed by atoms with van der Waals surface area (Å²) in [4.78, 5) is 72.4. The Labute approximate surface area is 537 Å². The first kappa shape index (κ1) is 86.1. The van der Waals surface area contributed by atoms with E-state index in [1.807, 2.05) is 0 Å². The van der Waals surface area contributed by atoms with Crippen molar-refractivity contribution in [1.29, 1.82) is 0 Å². The number of unbranched alkanes of at least 4 members (excludes halogenated alkanes) is 30. The Bertz CT molecular complexity index is 1750. The number of hydrogen-bond acceptors (Lipinski definition) is 15. The second-order valence-electron chi connectivity index (χ2n) is 26.4. The molecule has 0 saturated heterocycles. The van der Waals surface area contributed by atoms with E-state index in [0.29, 0.717) is 31.6 Å². The number of carbonyl (C=O) groups excluding carboxylic acids is 4. The Hall–Kier alpha value is -1.94. The first-order valence-electron chi connectivity index (χ1n) is 35.8. The molecule has 0 aliphatic heterocycles. The van der Waals surface area contributed by atoms with E-state index in [2.05, 4.69) is 55.4 Å². The highest BCUT2D eigenvalue weighted by molar-refractivity contribution is 7.47. The van der Waals surface area contributed by atoms with Crippen molar-refractivity contribution in [3.63, 3.8) is 0 Å². The van der Waals surface area contributed by atoms with Gasteiger partial charge in [0.25, 0.3) is 0 Å². The molecular weight excluding hydrogens is 1160 g/mol. The monoisotopic (exact) mass is 1300 g/mol. The zero-order chi connectivity index (χ0) is 65.4. The van der Waals surface area contributed by atoms with Crippen molar-refractivity contribution in [2.24, 2.45) is 23.7 Å². The average molecular weight is 1300 g/mol. The molecule has 0 fully saturated rings. The van der Waals surface area contributed by atoms with E-state index < -0.39 is 97.5 Å². The molecule has 19 heteroatoms. The minimum atomic E-state index is -4.95. The molecule has 0 amide bonds. The molecule has 4 unspecified atom stereocenters. The van der Waals surface area contributed by atoms with Crippen molar-refractivity contribution in [2.75, 3.05) is 39.6 Å². The fraction of sp³-hybridized carbons (Fsp3) is 0.942. The smallest absolute Gasteiger partial charge is 0.462 e. The number of hydrogen-bond donors (Lipinski definition) is 3. The van der Waals surface area contributed by atoms with Crippen LogP contribution in [-0.2, 0) is 65.4 Å².